The van der Waals surface area contributed by atoms with E-state index in [1.165, 1.54) is 12.0 Å². The molecule has 1 aromatic carbocycles. The van der Waals surface area contributed by atoms with Gasteiger partial charge in [0.1, 0.15) is 5.54 Å². The molecule has 1 aromatic rings. The van der Waals surface area contributed by atoms with Gasteiger partial charge in [0.2, 0.25) is 17.7 Å². The number of carbonyl (C=O) groups is 3. The van der Waals surface area contributed by atoms with Gasteiger partial charge >= 0.3 is 0 Å². The van der Waals surface area contributed by atoms with E-state index in [1.807, 2.05) is 32.9 Å². The maximum absolute atomic E-state index is 13.2. The normalized spacial score (nSPS) is 32.4. The number of hydrogen-bond donors (Lipinski definition) is 2. The van der Waals surface area contributed by atoms with Crippen molar-refractivity contribution in [1.82, 2.24) is 10.2 Å². The first-order valence-electron chi connectivity index (χ1n) is 8.88. The maximum atomic E-state index is 13.2. The van der Waals surface area contributed by atoms with Crippen molar-refractivity contribution in [2.75, 3.05) is 25.6 Å². The lowest BCUT2D eigenvalue weighted by Crippen LogP contribution is -2.53. The summed E-state index contributed by atoms with van der Waals surface area (Å²) >= 11 is 0. The van der Waals surface area contributed by atoms with Gasteiger partial charge in [0.15, 0.2) is 0 Å². The lowest BCUT2D eigenvalue weighted by Gasteiger charge is -2.29. The number of ether oxygens (including phenoxy) is 1. The van der Waals surface area contributed by atoms with E-state index in [9.17, 15) is 14.4 Å². The molecule has 2 N–H and O–H groups in total. The number of amides is 3. The van der Waals surface area contributed by atoms with Crippen molar-refractivity contribution in [3.63, 3.8) is 0 Å². The van der Waals surface area contributed by atoms with Crippen LogP contribution in [0.1, 0.15) is 23.6 Å². The van der Waals surface area contributed by atoms with Crippen molar-refractivity contribution in [3.05, 3.63) is 28.8 Å². The zero-order valence-electron chi connectivity index (χ0n) is 15.4. The summed E-state index contributed by atoms with van der Waals surface area (Å²) < 4.78 is 5.03. The Labute approximate surface area is 152 Å². The molecule has 1 spiro atoms. The lowest BCUT2D eigenvalue weighted by molar-refractivity contribution is -0.143. The quantitative estimate of drug-likeness (QED) is 0.777. The Kier molecular flexibility index (Phi) is 3.71. The van der Waals surface area contributed by atoms with E-state index in [-0.39, 0.29) is 36.9 Å². The summed E-state index contributed by atoms with van der Waals surface area (Å²) in [7, 11) is 1.53. The average Bonchev–Trinajstić information content (AvgIpc) is 3.13. The van der Waals surface area contributed by atoms with Crippen LogP contribution in [-0.4, -0.2) is 48.9 Å². The van der Waals surface area contributed by atoms with Crippen LogP contribution in [0.15, 0.2) is 12.1 Å². The van der Waals surface area contributed by atoms with Gasteiger partial charge in [-0.1, -0.05) is 17.7 Å². The fourth-order valence-electron chi connectivity index (χ4n) is 4.88. The predicted octanol–water partition coefficient (Wildman–Crippen LogP) is 0.690. The van der Waals surface area contributed by atoms with Crippen molar-refractivity contribution >= 4 is 23.4 Å². The highest BCUT2D eigenvalue weighted by Crippen LogP contribution is 2.53. The number of nitrogens with zero attached hydrogens (tertiary/aromatic N) is 1. The van der Waals surface area contributed by atoms with E-state index in [4.69, 9.17) is 4.74 Å². The van der Waals surface area contributed by atoms with Crippen molar-refractivity contribution in [1.29, 1.82) is 0 Å². The number of methoxy groups -OCH3 is 1. The fourth-order valence-corrected chi connectivity index (χ4v) is 4.88. The van der Waals surface area contributed by atoms with Crippen LogP contribution in [0.25, 0.3) is 0 Å². The monoisotopic (exact) mass is 357 g/mol. The molecule has 4 unspecified atom stereocenters. The molecular formula is C19H23N3O4. The van der Waals surface area contributed by atoms with Crippen LogP contribution in [0.5, 0.6) is 0 Å². The highest BCUT2D eigenvalue weighted by Gasteiger charge is 2.69. The van der Waals surface area contributed by atoms with Crippen molar-refractivity contribution in [3.8, 4) is 0 Å². The van der Waals surface area contributed by atoms with Gasteiger partial charge in [-0.25, -0.2) is 0 Å². The van der Waals surface area contributed by atoms with Crippen LogP contribution in [0.3, 0.4) is 0 Å². The van der Waals surface area contributed by atoms with E-state index in [0.717, 1.165) is 22.4 Å². The molecule has 2 fully saturated rings. The third-order valence-corrected chi connectivity index (χ3v) is 5.92. The Morgan fingerprint density at radius 1 is 1.19 bits per heavy atom. The molecule has 3 heterocycles. The van der Waals surface area contributed by atoms with E-state index in [2.05, 4.69) is 10.6 Å². The largest absolute Gasteiger partial charge is 0.383 e. The SMILES string of the molecule is COCCN1C(=O)C2C(C)NC3(C(=O)Nc4c(C)cc(C)cc43)C2C1=O. The number of benzene rings is 1. The highest BCUT2D eigenvalue weighted by atomic mass is 16.5. The predicted molar refractivity (Wildman–Crippen MR) is 94.4 cm³/mol. The molecule has 7 heteroatoms. The number of fused-ring (bicyclic) bond motifs is 4. The smallest absolute Gasteiger partial charge is 0.250 e. The lowest BCUT2D eigenvalue weighted by atomic mass is 9.76. The molecule has 3 aliphatic rings. The van der Waals surface area contributed by atoms with Crippen LogP contribution < -0.4 is 10.6 Å². The summed E-state index contributed by atoms with van der Waals surface area (Å²) in [5.41, 5.74) is 2.30. The molecule has 4 atom stereocenters. The molecule has 0 saturated carbocycles. The van der Waals surface area contributed by atoms with Crippen molar-refractivity contribution in [2.24, 2.45) is 11.8 Å². The topological polar surface area (TPSA) is 87.7 Å². The van der Waals surface area contributed by atoms with E-state index >= 15 is 0 Å². The highest BCUT2D eigenvalue weighted by molar-refractivity contribution is 6.15. The van der Waals surface area contributed by atoms with Gasteiger partial charge in [0.25, 0.3) is 0 Å². The summed E-state index contributed by atoms with van der Waals surface area (Å²) in [4.78, 5) is 40.4. The molecule has 0 aliphatic carbocycles. The van der Waals surface area contributed by atoms with Crippen molar-refractivity contribution in [2.45, 2.75) is 32.4 Å². The van der Waals surface area contributed by atoms with E-state index < -0.39 is 17.4 Å². The van der Waals surface area contributed by atoms with Gasteiger partial charge in [0, 0.05) is 24.4 Å². The molecule has 3 amide bonds. The second kappa shape index (κ2) is 5.62. The summed E-state index contributed by atoms with van der Waals surface area (Å²) in [6.07, 6.45) is 0. The number of aryl methyl sites for hydroxylation is 2. The van der Waals surface area contributed by atoms with Gasteiger partial charge in [-0.2, -0.15) is 0 Å². The van der Waals surface area contributed by atoms with E-state index in [0.29, 0.717) is 0 Å². The van der Waals surface area contributed by atoms with Gasteiger partial charge in [0.05, 0.1) is 25.0 Å². The first-order chi connectivity index (χ1) is 12.3. The van der Waals surface area contributed by atoms with Gasteiger partial charge in [-0.3, -0.25) is 24.6 Å². The molecule has 2 saturated heterocycles. The second-order valence-electron chi connectivity index (χ2n) is 7.52. The third-order valence-electron chi connectivity index (χ3n) is 5.92. The molecule has 0 aromatic heterocycles. The first-order valence-corrected chi connectivity index (χ1v) is 8.88. The number of carbonyl (C=O) groups excluding carboxylic acids is 3. The number of anilines is 1. The van der Waals surface area contributed by atoms with Gasteiger partial charge < -0.3 is 10.1 Å². The molecule has 0 radical (unpaired) electrons. The van der Waals surface area contributed by atoms with Crippen LogP contribution in [0, 0.1) is 25.7 Å². The summed E-state index contributed by atoms with van der Waals surface area (Å²) in [6.45, 7) is 6.27. The number of likely N-dealkylation sites (tertiary alicyclic amines) is 1. The third kappa shape index (κ3) is 1.98. The summed E-state index contributed by atoms with van der Waals surface area (Å²) in [5, 5.41) is 6.26. The number of nitrogens with one attached hydrogen (secondary N) is 2. The molecular weight excluding hydrogens is 334 g/mol. The molecule has 0 bridgehead atoms. The Morgan fingerprint density at radius 2 is 1.92 bits per heavy atom. The van der Waals surface area contributed by atoms with Crippen molar-refractivity contribution < 1.29 is 19.1 Å². The Balaban J connectivity index is 1.86. The van der Waals surface area contributed by atoms with Gasteiger partial charge in [-0.15, -0.1) is 0 Å². The Bertz CT molecular complexity index is 836. The number of hydrogen-bond acceptors (Lipinski definition) is 5. The Morgan fingerprint density at radius 3 is 2.62 bits per heavy atom. The zero-order chi connectivity index (χ0) is 18.8. The molecule has 4 rings (SSSR count). The summed E-state index contributed by atoms with van der Waals surface area (Å²) in [6, 6.07) is 3.67. The standard InChI is InChI=1S/C19H23N3O4/c1-9-7-10(2)15-12(8-9)19(18(25)20-15)14-13(11(3)21-19)16(23)22(17(14)24)5-6-26-4/h7-8,11,13-14,21H,5-6H2,1-4H3,(H,20,25). The van der Waals surface area contributed by atoms with Crippen LogP contribution in [0.4, 0.5) is 5.69 Å². The fraction of sp³-hybridized carbons (Fsp3) is 0.526. The minimum absolute atomic E-state index is 0.214. The minimum Gasteiger partial charge on any atom is -0.383 e. The average molecular weight is 357 g/mol. The number of imide groups is 1. The number of rotatable bonds is 3. The van der Waals surface area contributed by atoms with Crippen LogP contribution >= 0.6 is 0 Å². The second-order valence-corrected chi connectivity index (χ2v) is 7.52. The first kappa shape index (κ1) is 17.2. The van der Waals surface area contributed by atoms with Crippen LogP contribution in [0.2, 0.25) is 0 Å². The Hall–Kier alpha value is -2.25. The van der Waals surface area contributed by atoms with Crippen LogP contribution in [-0.2, 0) is 24.7 Å². The summed E-state index contributed by atoms with van der Waals surface area (Å²) in [5.74, 6) is -2.05. The molecule has 7 nitrogen and oxygen atoms in total. The van der Waals surface area contributed by atoms with Gasteiger partial charge in [-0.05, 0) is 26.3 Å². The molecule has 3 aliphatic heterocycles. The zero-order valence-corrected chi connectivity index (χ0v) is 15.4. The van der Waals surface area contributed by atoms with E-state index in [1.54, 1.807) is 0 Å². The molecule has 26 heavy (non-hydrogen) atoms. The maximum Gasteiger partial charge on any atom is 0.250 e. The minimum atomic E-state index is -1.19. The molecule has 138 valence electrons.